The summed E-state index contributed by atoms with van der Waals surface area (Å²) in [7, 11) is -0.179. The van der Waals surface area contributed by atoms with Crippen molar-refractivity contribution in [2.24, 2.45) is 0 Å². The van der Waals surface area contributed by atoms with Crippen LogP contribution in [0.1, 0.15) is 77.6 Å². The molecule has 0 bridgehead atoms. The lowest BCUT2D eigenvalue weighted by Gasteiger charge is -2.02. The van der Waals surface area contributed by atoms with Crippen LogP contribution in [0, 0.1) is 0 Å². The van der Waals surface area contributed by atoms with Crippen LogP contribution in [0.25, 0.3) is 0 Å². The number of halogens is 2. The van der Waals surface area contributed by atoms with Gasteiger partial charge in [0.25, 0.3) is 0 Å². The van der Waals surface area contributed by atoms with Crippen molar-refractivity contribution in [3.63, 3.8) is 0 Å². The molecule has 17 heavy (non-hydrogen) atoms. The monoisotopic (exact) mass is 296 g/mol. The van der Waals surface area contributed by atoms with Crippen LogP contribution in [0.4, 0.5) is 0 Å². The fraction of sp³-hybridized carbons (Fsp3) is 1.00. The van der Waals surface area contributed by atoms with Crippen LogP contribution in [-0.2, 0) is 0 Å². The van der Waals surface area contributed by atoms with E-state index in [4.69, 9.17) is 23.2 Å². The van der Waals surface area contributed by atoms with Gasteiger partial charge in [-0.3, -0.25) is 0 Å². The van der Waals surface area contributed by atoms with Crippen molar-refractivity contribution in [2.75, 3.05) is 0 Å². The predicted molar refractivity (Wildman–Crippen MR) is 85.3 cm³/mol. The van der Waals surface area contributed by atoms with E-state index in [0.29, 0.717) is 0 Å². The molecule has 3 heteroatoms. The largest absolute Gasteiger partial charge is 0.110 e. The Morgan fingerprint density at radius 1 is 0.706 bits per heavy atom. The van der Waals surface area contributed by atoms with E-state index in [-0.39, 0.29) is 14.0 Å². The van der Waals surface area contributed by atoms with Gasteiger partial charge in [0.15, 0.2) is 0 Å². The van der Waals surface area contributed by atoms with Crippen molar-refractivity contribution in [1.82, 2.24) is 0 Å². The number of hydrogen-bond donors (Lipinski definition) is 0. The van der Waals surface area contributed by atoms with Crippen molar-refractivity contribution >= 4 is 32.7 Å². The maximum atomic E-state index is 5.74. The maximum absolute atomic E-state index is 5.74. The highest BCUT2D eigenvalue weighted by Gasteiger charge is 1.98. The van der Waals surface area contributed by atoms with Crippen molar-refractivity contribution in [2.45, 2.75) is 88.1 Å². The molecule has 0 fully saturated rings. The molecule has 0 atom stereocenters. The molecule has 0 aliphatic carbocycles. The molecule has 0 unspecified atom stereocenters. The van der Waals surface area contributed by atoms with E-state index in [2.05, 4.69) is 6.92 Å². The van der Waals surface area contributed by atoms with Gasteiger partial charge < -0.3 is 0 Å². The maximum Gasteiger partial charge on any atom is 0.0908 e. The molecule has 0 nitrogen and oxygen atoms in total. The highest BCUT2D eigenvalue weighted by molar-refractivity contribution is 6.68. The van der Waals surface area contributed by atoms with Crippen molar-refractivity contribution < 1.29 is 0 Å². The third-order valence-corrected chi connectivity index (χ3v) is 5.93. The molecule has 0 aromatic carbocycles. The highest BCUT2D eigenvalue weighted by atomic mass is 35.5. The van der Waals surface area contributed by atoms with E-state index in [9.17, 15) is 0 Å². The van der Waals surface area contributed by atoms with Gasteiger partial charge in [-0.2, -0.15) is 0 Å². The first-order valence-electron chi connectivity index (χ1n) is 7.55. The summed E-state index contributed by atoms with van der Waals surface area (Å²) in [6.45, 7) is 2.28. The standard InChI is InChI=1S/C14H30Cl2Si/c1-2-3-4-5-6-7-8-9-10-11-12-13-17-14(15)16/h14H,2-13,17H2,1H3. The first-order valence-corrected chi connectivity index (χ1v) is 10.2. The lowest BCUT2D eigenvalue weighted by Crippen LogP contribution is -1.99. The van der Waals surface area contributed by atoms with Gasteiger partial charge >= 0.3 is 0 Å². The zero-order chi connectivity index (χ0) is 12.8. The molecule has 0 heterocycles. The SMILES string of the molecule is CCCCCCCCCCCCC[SiH2]C(Cl)Cl. The van der Waals surface area contributed by atoms with E-state index in [1.807, 2.05) is 0 Å². The Bertz CT molecular complexity index is 140. The van der Waals surface area contributed by atoms with Gasteiger partial charge in [-0.05, 0) is 0 Å². The van der Waals surface area contributed by atoms with Gasteiger partial charge in [0.2, 0.25) is 0 Å². The second-order valence-electron chi connectivity index (χ2n) is 5.07. The Kier molecular flexibility index (Phi) is 15.6. The molecule has 0 aliphatic heterocycles. The van der Waals surface area contributed by atoms with Gasteiger partial charge in [-0.25, -0.2) is 0 Å². The lowest BCUT2D eigenvalue weighted by atomic mass is 10.1. The van der Waals surface area contributed by atoms with Crippen LogP contribution < -0.4 is 0 Å². The molecular formula is C14H30Cl2Si. The molecule has 0 saturated carbocycles. The van der Waals surface area contributed by atoms with Gasteiger partial charge in [-0.15, -0.1) is 23.2 Å². The third kappa shape index (κ3) is 16.8. The lowest BCUT2D eigenvalue weighted by molar-refractivity contribution is 0.554. The molecule has 0 saturated heterocycles. The fourth-order valence-corrected chi connectivity index (χ4v) is 4.02. The predicted octanol–water partition coefficient (Wildman–Crippen LogP) is 5.65. The second kappa shape index (κ2) is 14.9. The number of alkyl halides is 2. The quantitative estimate of drug-likeness (QED) is 0.234. The first-order chi connectivity index (χ1) is 8.27. The minimum atomic E-state index is -0.179. The summed E-state index contributed by atoms with van der Waals surface area (Å²) in [6, 6.07) is 1.33. The summed E-state index contributed by atoms with van der Waals surface area (Å²) in [5.41, 5.74) is 0. The van der Waals surface area contributed by atoms with Crippen LogP contribution in [0.2, 0.25) is 6.04 Å². The Balaban J connectivity index is 2.89. The minimum Gasteiger partial charge on any atom is -0.110 e. The van der Waals surface area contributed by atoms with E-state index in [0.717, 1.165) is 0 Å². The van der Waals surface area contributed by atoms with E-state index < -0.39 is 0 Å². The molecule has 0 aliphatic rings. The van der Waals surface area contributed by atoms with Gasteiger partial charge in [0.05, 0.1) is 14.0 Å². The topological polar surface area (TPSA) is 0 Å². The summed E-state index contributed by atoms with van der Waals surface area (Å²) in [5, 5.41) is 0. The molecule has 104 valence electrons. The average molecular weight is 297 g/mol. The van der Waals surface area contributed by atoms with Crippen molar-refractivity contribution in [3.8, 4) is 0 Å². The molecule has 0 aromatic rings. The zero-order valence-corrected chi connectivity index (χ0v) is 14.5. The normalized spacial score (nSPS) is 12.0. The van der Waals surface area contributed by atoms with Crippen LogP contribution in [0.3, 0.4) is 0 Å². The Morgan fingerprint density at radius 3 is 1.53 bits per heavy atom. The van der Waals surface area contributed by atoms with Crippen molar-refractivity contribution in [1.29, 1.82) is 0 Å². The van der Waals surface area contributed by atoms with Gasteiger partial charge in [0, 0.05) is 0 Å². The molecule has 0 rings (SSSR count). The molecule has 0 spiro atoms. The summed E-state index contributed by atoms with van der Waals surface area (Å²) >= 11 is 11.5. The van der Waals surface area contributed by atoms with E-state index >= 15 is 0 Å². The van der Waals surface area contributed by atoms with Crippen LogP contribution in [0.15, 0.2) is 0 Å². The molecule has 0 N–H and O–H groups in total. The van der Waals surface area contributed by atoms with E-state index in [1.54, 1.807) is 0 Å². The summed E-state index contributed by atoms with van der Waals surface area (Å²) < 4.78 is -0.0156. The van der Waals surface area contributed by atoms with Crippen molar-refractivity contribution in [3.05, 3.63) is 0 Å². The number of unbranched alkanes of at least 4 members (excludes halogenated alkanes) is 10. The Morgan fingerprint density at radius 2 is 1.12 bits per heavy atom. The highest BCUT2D eigenvalue weighted by Crippen LogP contribution is 2.12. The molecule has 0 amide bonds. The summed E-state index contributed by atoms with van der Waals surface area (Å²) in [6.07, 6.45) is 15.6. The fourth-order valence-electron chi connectivity index (χ4n) is 2.14. The summed E-state index contributed by atoms with van der Waals surface area (Å²) in [4.78, 5) is 0. The second-order valence-corrected chi connectivity index (χ2v) is 9.48. The number of hydrogen-bond acceptors (Lipinski definition) is 0. The smallest absolute Gasteiger partial charge is 0.0908 e. The Labute approximate surface area is 121 Å². The summed E-state index contributed by atoms with van der Waals surface area (Å²) in [5.74, 6) is 0. The molecule has 0 radical (unpaired) electrons. The van der Waals surface area contributed by atoms with Crippen LogP contribution in [-0.4, -0.2) is 14.0 Å². The van der Waals surface area contributed by atoms with Crippen LogP contribution in [0.5, 0.6) is 0 Å². The van der Waals surface area contributed by atoms with Gasteiger partial charge in [0.1, 0.15) is 0 Å². The Hall–Kier alpha value is 0.797. The minimum absolute atomic E-state index is 0.0156. The van der Waals surface area contributed by atoms with E-state index in [1.165, 1.54) is 76.7 Å². The van der Waals surface area contributed by atoms with Gasteiger partial charge in [-0.1, -0.05) is 83.6 Å². The third-order valence-electron chi connectivity index (χ3n) is 3.28. The average Bonchev–Trinajstić information content (AvgIpc) is 2.30. The zero-order valence-electron chi connectivity index (χ0n) is 11.5. The first kappa shape index (κ1) is 17.8. The molecular weight excluding hydrogens is 267 g/mol. The molecule has 0 aromatic heterocycles. The van der Waals surface area contributed by atoms with Crippen LogP contribution >= 0.6 is 23.2 Å². The number of rotatable bonds is 13.